The summed E-state index contributed by atoms with van der Waals surface area (Å²) in [6.45, 7) is 0.486. The van der Waals surface area contributed by atoms with E-state index in [4.69, 9.17) is 17.3 Å². The van der Waals surface area contributed by atoms with Gasteiger partial charge in [0, 0.05) is 18.9 Å². The Morgan fingerprint density at radius 2 is 2.17 bits per heavy atom. The Morgan fingerprint density at radius 3 is 2.89 bits per heavy atom. The summed E-state index contributed by atoms with van der Waals surface area (Å²) in [4.78, 5) is 19.2. The van der Waals surface area contributed by atoms with Crippen LogP contribution in [0.1, 0.15) is 15.9 Å². The van der Waals surface area contributed by atoms with Gasteiger partial charge in [-0.15, -0.1) is 0 Å². The van der Waals surface area contributed by atoms with Crippen LogP contribution in [0.25, 0.3) is 0 Å². The summed E-state index contributed by atoms with van der Waals surface area (Å²) in [6.07, 6.45) is 3.21. The summed E-state index contributed by atoms with van der Waals surface area (Å²) in [7, 11) is 0. The van der Waals surface area contributed by atoms with Crippen LogP contribution in [0.3, 0.4) is 0 Å². The second kappa shape index (κ2) is 5.46. The first-order valence-corrected chi connectivity index (χ1v) is 5.64. The average Bonchev–Trinajstić information content (AvgIpc) is 2.37. The minimum Gasteiger partial charge on any atom is -0.365 e. The number of aromatic nitrogens is 2. The first-order valence-electron chi connectivity index (χ1n) is 5.26. The molecule has 0 aliphatic rings. The fraction of sp³-hybridized carbons (Fsp3) is 0.0833. The number of nitrogens with one attached hydrogen (secondary N) is 1. The van der Waals surface area contributed by atoms with Gasteiger partial charge in [-0.1, -0.05) is 11.6 Å². The number of rotatable bonds is 4. The van der Waals surface area contributed by atoms with Crippen LogP contribution in [0, 0.1) is 0 Å². The van der Waals surface area contributed by atoms with Crippen LogP contribution >= 0.6 is 11.6 Å². The van der Waals surface area contributed by atoms with Crippen molar-refractivity contribution in [3.63, 3.8) is 0 Å². The fourth-order valence-electron chi connectivity index (χ4n) is 1.48. The van der Waals surface area contributed by atoms with E-state index in [2.05, 4.69) is 15.3 Å². The molecule has 0 aliphatic carbocycles. The van der Waals surface area contributed by atoms with E-state index in [1.54, 1.807) is 30.6 Å². The first-order chi connectivity index (χ1) is 8.66. The van der Waals surface area contributed by atoms with Gasteiger partial charge in [0.15, 0.2) is 0 Å². The molecule has 3 N–H and O–H groups in total. The van der Waals surface area contributed by atoms with Crippen molar-refractivity contribution in [2.75, 3.05) is 5.32 Å². The molecule has 2 rings (SSSR count). The number of hydrogen-bond donors (Lipinski definition) is 2. The molecule has 0 saturated heterocycles. The number of carbonyl (C=O) groups is 1. The van der Waals surface area contributed by atoms with Gasteiger partial charge < -0.3 is 11.1 Å². The van der Waals surface area contributed by atoms with Crippen molar-refractivity contribution >= 4 is 23.3 Å². The topological polar surface area (TPSA) is 80.9 Å². The fourth-order valence-corrected chi connectivity index (χ4v) is 1.68. The molecule has 5 nitrogen and oxygen atoms in total. The molecular weight excluding hydrogens is 252 g/mol. The van der Waals surface area contributed by atoms with Gasteiger partial charge in [0.2, 0.25) is 0 Å². The molecule has 0 saturated carbocycles. The molecule has 6 heteroatoms. The van der Waals surface area contributed by atoms with Gasteiger partial charge in [0.05, 0.1) is 5.56 Å². The zero-order chi connectivity index (χ0) is 13.0. The zero-order valence-electron chi connectivity index (χ0n) is 9.43. The van der Waals surface area contributed by atoms with Crippen LogP contribution in [-0.4, -0.2) is 15.9 Å². The van der Waals surface area contributed by atoms with Crippen LogP contribution in [0.5, 0.6) is 0 Å². The molecule has 2 aromatic heterocycles. The van der Waals surface area contributed by atoms with Crippen molar-refractivity contribution in [1.82, 2.24) is 9.97 Å². The molecule has 1 amide bonds. The van der Waals surface area contributed by atoms with Gasteiger partial charge in [-0.3, -0.25) is 4.79 Å². The van der Waals surface area contributed by atoms with E-state index in [1.807, 2.05) is 6.07 Å². The summed E-state index contributed by atoms with van der Waals surface area (Å²) < 4.78 is 0. The zero-order valence-corrected chi connectivity index (χ0v) is 10.2. The standard InChI is InChI=1S/C12H11ClN4O/c13-10-6-8(3-5-15-10)7-17-12-9(11(14)18)2-1-4-16-12/h1-6H,7H2,(H2,14,18)(H,16,17). The second-order valence-electron chi connectivity index (χ2n) is 3.60. The summed E-state index contributed by atoms with van der Waals surface area (Å²) in [5, 5.41) is 3.46. The quantitative estimate of drug-likeness (QED) is 0.824. The first kappa shape index (κ1) is 12.3. The number of nitrogens with zero attached hydrogens (tertiary/aromatic N) is 2. The lowest BCUT2D eigenvalue weighted by Gasteiger charge is -2.08. The normalized spacial score (nSPS) is 10.1. The van der Waals surface area contributed by atoms with Crippen LogP contribution in [0.15, 0.2) is 36.7 Å². The minimum atomic E-state index is -0.515. The second-order valence-corrected chi connectivity index (χ2v) is 3.99. The molecule has 0 spiro atoms. The van der Waals surface area contributed by atoms with E-state index in [0.29, 0.717) is 23.1 Å². The Morgan fingerprint density at radius 1 is 1.33 bits per heavy atom. The van der Waals surface area contributed by atoms with Crippen molar-refractivity contribution in [2.24, 2.45) is 5.73 Å². The Kier molecular flexibility index (Phi) is 3.74. The largest absolute Gasteiger partial charge is 0.365 e. The van der Waals surface area contributed by atoms with Gasteiger partial charge in [-0.2, -0.15) is 0 Å². The van der Waals surface area contributed by atoms with Crippen LogP contribution in [0.2, 0.25) is 5.15 Å². The molecule has 0 atom stereocenters. The third-order valence-electron chi connectivity index (χ3n) is 2.32. The Bertz CT molecular complexity index is 574. The maximum Gasteiger partial charge on any atom is 0.252 e. The third kappa shape index (κ3) is 2.95. The molecule has 18 heavy (non-hydrogen) atoms. The number of nitrogens with two attached hydrogens (primary N) is 1. The molecule has 0 aromatic carbocycles. The highest BCUT2D eigenvalue weighted by Gasteiger charge is 2.08. The van der Waals surface area contributed by atoms with Crippen molar-refractivity contribution in [2.45, 2.75) is 6.54 Å². The highest BCUT2D eigenvalue weighted by Crippen LogP contribution is 2.13. The predicted octanol–water partition coefficient (Wildman–Crippen LogP) is 1.84. The van der Waals surface area contributed by atoms with Gasteiger partial charge in [0.1, 0.15) is 11.0 Å². The summed E-state index contributed by atoms with van der Waals surface area (Å²) in [6, 6.07) is 6.85. The lowest BCUT2D eigenvalue weighted by atomic mass is 10.2. The summed E-state index contributed by atoms with van der Waals surface area (Å²) >= 11 is 5.78. The number of anilines is 1. The lowest BCUT2D eigenvalue weighted by Crippen LogP contribution is -2.15. The smallest absolute Gasteiger partial charge is 0.252 e. The van der Waals surface area contributed by atoms with Gasteiger partial charge in [-0.05, 0) is 29.8 Å². The van der Waals surface area contributed by atoms with E-state index in [0.717, 1.165) is 5.56 Å². The van der Waals surface area contributed by atoms with E-state index >= 15 is 0 Å². The van der Waals surface area contributed by atoms with Crippen molar-refractivity contribution in [3.8, 4) is 0 Å². The van der Waals surface area contributed by atoms with Gasteiger partial charge in [-0.25, -0.2) is 9.97 Å². The van der Waals surface area contributed by atoms with Crippen LogP contribution < -0.4 is 11.1 Å². The molecule has 92 valence electrons. The van der Waals surface area contributed by atoms with Crippen LogP contribution in [-0.2, 0) is 6.54 Å². The lowest BCUT2D eigenvalue weighted by molar-refractivity contribution is 0.100. The van der Waals surface area contributed by atoms with E-state index in [-0.39, 0.29) is 0 Å². The monoisotopic (exact) mass is 262 g/mol. The highest BCUT2D eigenvalue weighted by atomic mass is 35.5. The Hall–Kier alpha value is -2.14. The highest BCUT2D eigenvalue weighted by molar-refractivity contribution is 6.29. The molecule has 2 aromatic rings. The van der Waals surface area contributed by atoms with Crippen molar-refractivity contribution < 1.29 is 4.79 Å². The molecule has 0 aliphatic heterocycles. The van der Waals surface area contributed by atoms with Crippen molar-refractivity contribution in [3.05, 3.63) is 52.9 Å². The van der Waals surface area contributed by atoms with Crippen molar-refractivity contribution in [1.29, 1.82) is 0 Å². The molecule has 0 radical (unpaired) electrons. The predicted molar refractivity (Wildman–Crippen MR) is 69.3 cm³/mol. The number of pyridine rings is 2. The van der Waals surface area contributed by atoms with E-state index < -0.39 is 5.91 Å². The number of hydrogen-bond acceptors (Lipinski definition) is 4. The molecule has 0 bridgehead atoms. The Balaban J connectivity index is 2.13. The number of carbonyl (C=O) groups excluding carboxylic acids is 1. The minimum absolute atomic E-state index is 0.359. The third-order valence-corrected chi connectivity index (χ3v) is 2.53. The summed E-state index contributed by atoms with van der Waals surface area (Å²) in [5.74, 6) is -0.0590. The maximum atomic E-state index is 11.2. The summed E-state index contributed by atoms with van der Waals surface area (Å²) in [5.41, 5.74) is 6.56. The molecule has 0 unspecified atom stereocenters. The van der Waals surface area contributed by atoms with E-state index in [9.17, 15) is 4.79 Å². The average molecular weight is 263 g/mol. The SMILES string of the molecule is NC(=O)c1cccnc1NCc1ccnc(Cl)c1. The number of halogens is 1. The maximum absolute atomic E-state index is 11.2. The van der Waals surface area contributed by atoms with E-state index in [1.165, 1.54) is 0 Å². The Labute approximate surface area is 109 Å². The van der Waals surface area contributed by atoms with Crippen LogP contribution in [0.4, 0.5) is 5.82 Å². The molecule has 0 fully saturated rings. The molecule has 2 heterocycles. The van der Waals surface area contributed by atoms with Gasteiger partial charge in [0.25, 0.3) is 5.91 Å². The van der Waals surface area contributed by atoms with Gasteiger partial charge >= 0.3 is 0 Å². The molecular formula is C12H11ClN4O. The number of primary amides is 1. The number of amides is 1.